The third-order valence-electron chi connectivity index (χ3n) is 5.08. The molecule has 2 N–H and O–H groups in total. The Hall–Kier alpha value is -1.67. The number of ether oxygens (including phenoxy) is 2. The molecule has 0 saturated heterocycles. The number of halogens is 1. The van der Waals surface area contributed by atoms with E-state index in [-0.39, 0.29) is 12.7 Å². The Morgan fingerprint density at radius 1 is 1.44 bits per heavy atom. The van der Waals surface area contributed by atoms with Crippen LogP contribution in [0.15, 0.2) is 17.0 Å². The van der Waals surface area contributed by atoms with E-state index in [1.54, 1.807) is 7.11 Å². The molecule has 136 valence electrons. The molecule has 2 heterocycles. The molecule has 8 heteroatoms. The molecule has 2 aromatic heterocycles. The molecular formula is C17H23BrN4O3. The van der Waals surface area contributed by atoms with Crippen LogP contribution >= 0.6 is 15.9 Å². The fourth-order valence-corrected chi connectivity index (χ4v) is 4.43. The van der Waals surface area contributed by atoms with E-state index in [0.29, 0.717) is 11.8 Å². The van der Waals surface area contributed by atoms with E-state index in [2.05, 4.69) is 25.3 Å². The summed E-state index contributed by atoms with van der Waals surface area (Å²) in [5.74, 6) is 1.83. The minimum absolute atomic E-state index is 0.108. The summed E-state index contributed by atoms with van der Waals surface area (Å²) in [6, 6.07) is 0. The van der Waals surface area contributed by atoms with E-state index in [4.69, 9.17) is 20.2 Å². The zero-order valence-electron chi connectivity index (χ0n) is 14.4. The summed E-state index contributed by atoms with van der Waals surface area (Å²) in [7, 11) is 1.65. The highest BCUT2D eigenvalue weighted by Gasteiger charge is 2.31. The molecule has 1 fully saturated rings. The van der Waals surface area contributed by atoms with Crippen molar-refractivity contribution in [1.29, 1.82) is 0 Å². The van der Waals surface area contributed by atoms with E-state index in [1.807, 2.05) is 19.3 Å². The van der Waals surface area contributed by atoms with Crippen LogP contribution in [0.5, 0.6) is 0 Å². The van der Waals surface area contributed by atoms with Crippen LogP contribution in [0.2, 0.25) is 0 Å². The second-order valence-corrected chi connectivity index (χ2v) is 7.26. The monoisotopic (exact) mass is 410 g/mol. The zero-order chi connectivity index (χ0) is 18.0. The number of methoxy groups -OCH3 is 1. The first kappa shape index (κ1) is 18.1. The number of carbonyl (C=O) groups is 1. The third-order valence-corrected chi connectivity index (χ3v) is 5.63. The van der Waals surface area contributed by atoms with Gasteiger partial charge < -0.3 is 15.2 Å². The van der Waals surface area contributed by atoms with Crippen molar-refractivity contribution < 1.29 is 14.3 Å². The van der Waals surface area contributed by atoms with Crippen molar-refractivity contribution >= 4 is 27.5 Å². The second kappa shape index (κ2) is 7.70. The van der Waals surface area contributed by atoms with Gasteiger partial charge in [-0.15, -0.1) is 0 Å². The van der Waals surface area contributed by atoms with Gasteiger partial charge in [0.15, 0.2) is 0 Å². The van der Waals surface area contributed by atoms with Crippen LogP contribution in [0.4, 0.5) is 4.79 Å². The molecule has 1 amide bonds. The van der Waals surface area contributed by atoms with Gasteiger partial charge in [-0.25, -0.2) is 9.78 Å². The number of nitrogens with two attached hydrogens (primary N) is 1. The number of nitrogens with zero attached hydrogens (tertiary/aromatic N) is 3. The van der Waals surface area contributed by atoms with Gasteiger partial charge in [-0.05, 0) is 54.5 Å². The number of imidazole rings is 1. The van der Waals surface area contributed by atoms with Crippen molar-refractivity contribution in [3.8, 4) is 0 Å². The standard InChI is InChI=1S/C17H23BrN4O3/c1-10-14-15(18)21-16(22(14)8-7-20-10)12-5-3-11(4-6-12)13(24-2)9-25-17(19)23/h7-8,11-13H,3-6,9H2,1-2H3,(H2,19,23)/t11-,12-,13?. The van der Waals surface area contributed by atoms with Crippen molar-refractivity contribution in [2.75, 3.05) is 13.7 Å². The van der Waals surface area contributed by atoms with Gasteiger partial charge >= 0.3 is 6.09 Å². The molecule has 1 saturated carbocycles. The van der Waals surface area contributed by atoms with Crippen LogP contribution < -0.4 is 5.73 Å². The molecule has 1 atom stereocenters. The molecule has 0 spiro atoms. The smallest absolute Gasteiger partial charge is 0.404 e. The Labute approximate surface area is 155 Å². The topological polar surface area (TPSA) is 91.7 Å². The largest absolute Gasteiger partial charge is 0.447 e. The average Bonchev–Trinajstić information content (AvgIpc) is 2.94. The summed E-state index contributed by atoms with van der Waals surface area (Å²) < 4.78 is 13.4. The number of rotatable bonds is 5. The van der Waals surface area contributed by atoms with Crippen molar-refractivity contribution in [3.05, 3.63) is 28.5 Å². The number of fused-ring (bicyclic) bond motifs is 1. The number of aryl methyl sites for hydroxylation is 1. The van der Waals surface area contributed by atoms with Crippen molar-refractivity contribution in [3.63, 3.8) is 0 Å². The molecule has 0 aromatic carbocycles. The fraction of sp³-hybridized carbons (Fsp3) is 0.588. The van der Waals surface area contributed by atoms with Gasteiger partial charge in [0.05, 0.1) is 11.8 Å². The summed E-state index contributed by atoms with van der Waals surface area (Å²) in [5, 5.41) is 0. The number of carbonyl (C=O) groups excluding carboxylic acids is 1. The summed E-state index contributed by atoms with van der Waals surface area (Å²) in [4.78, 5) is 19.9. The van der Waals surface area contributed by atoms with Gasteiger partial charge in [0.25, 0.3) is 0 Å². The van der Waals surface area contributed by atoms with Crippen LogP contribution in [-0.2, 0) is 9.47 Å². The molecule has 0 radical (unpaired) electrons. The lowest BCUT2D eigenvalue weighted by Crippen LogP contribution is -2.33. The second-order valence-electron chi connectivity index (χ2n) is 6.51. The maximum Gasteiger partial charge on any atom is 0.404 e. The van der Waals surface area contributed by atoms with Gasteiger partial charge in [-0.1, -0.05) is 0 Å². The predicted octanol–water partition coefficient (Wildman–Crippen LogP) is 3.18. The Morgan fingerprint density at radius 2 is 2.16 bits per heavy atom. The molecule has 2 aromatic rings. The normalized spacial score (nSPS) is 22.0. The van der Waals surface area contributed by atoms with E-state index in [1.165, 1.54) is 0 Å². The molecular weight excluding hydrogens is 388 g/mol. The van der Waals surface area contributed by atoms with Crippen LogP contribution in [-0.4, -0.2) is 40.3 Å². The van der Waals surface area contributed by atoms with Crippen LogP contribution in [0, 0.1) is 12.8 Å². The SMILES string of the molecule is COC(COC(N)=O)[C@H]1CC[C@H](c2nc(Br)c3c(C)nccn32)CC1. The molecule has 25 heavy (non-hydrogen) atoms. The van der Waals surface area contributed by atoms with E-state index in [0.717, 1.165) is 47.3 Å². The maximum atomic E-state index is 10.8. The highest BCUT2D eigenvalue weighted by Crippen LogP contribution is 2.38. The molecule has 3 rings (SSSR count). The minimum Gasteiger partial charge on any atom is -0.447 e. The Balaban J connectivity index is 1.70. The third kappa shape index (κ3) is 3.79. The number of hydrogen-bond donors (Lipinski definition) is 1. The van der Waals surface area contributed by atoms with E-state index >= 15 is 0 Å². The Morgan fingerprint density at radius 3 is 2.80 bits per heavy atom. The number of aromatic nitrogens is 3. The molecule has 0 bridgehead atoms. The first-order valence-electron chi connectivity index (χ1n) is 8.45. The lowest BCUT2D eigenvalue weighted by molar-refractivity contribution is -0.0107. The zero-order valence-corrected chi connectivity index (χ0v) is 16.0. The lowest BCUT2D eigenvalue weighted by atomic mass is 9.79. The van der Waals surface area contributed by atoms with E-state index < -0.39 is 6.09 Å². The van der Waals surface area contributed by atoms with Gasteiger partial charge in [0.1, 0.15) is 22.6 Å². The van der Waals surface area contributed by atoms with Gasteiger partial charge in [-0.2, -0.15) is 0 Å². The Kier molecular flexibility index (Phi) is 5.58. The highest BCUT2D eigenvalue weighted by atomic mass is 79.9. The van der Waals surface area contributed by atoms with E-state index in [9.17, 15) is 4.79 Å². The summed E-state index contributed by atoms with van der Waals surface area (Å²) in [6.07, 6.45) is 6.97. The molecule has 1 unspecified atom stereocenters. The summed E-state index contributed by atoms with van der Waals surface area (Å²) >= 11 is 3.56. The molecule has 1 aliphatic carbocycles. The number of amides is 1. The quantitative estimate of drug-likeness (QED) is 0.816. The van der Waals surface area contributed by atoms with Crippen molar-refractivity contribution in [2.45, 2.75) is 44.6 Å². The maximum absolute atomic E-state index is 10.8. The lowest BCUT2D eigenvalue weighted by Gasteiger charge is -2.32. The Bertz CT molecular complexity index is 756. The molecule has 1 aliphatic rings. The van der Waals surface area contributed by atoms with Gasteiger partial charge in [0.2, 0.25) is 0 Å². The van der Waals surface area contributed by atoms with Gasteiger partial charge in [-0.3, -0.25) is 9.38 Å². The molecule has 0 aliphatic heterocycles. The van der Waals surface area contributed by atoms with Crippen LogP contribution in [0.25, 0.3) is 5.52 Å². The minimum atomic E-state index is -0.756. The average molecular weight is 411 g/mol. The molecule has 7 nitrogen and oxygen atoms in total. The summed E-state index contributed by atoms with van der Waals surface area (Å²) in [6.45, 7) is 2.20. The first-order valence-corrected chi connectivity index (χ1v) is 9.24. The van der Waals surface area contributed by atoms with Gasteiger partial charge in [0, 0.05) is 25.4 Å². The number of hydrogen-bond acceptors (Lipinski definition) is 5. The fourth-order valence-electron chi connectivity index (χ4n) is 3.77. The van der Waals surface area contributed by atoms with Crippen LogP contribution in [0.1, 0.15) is 43.1 Å². The van der Waals surface area contributed by atoms with Crippen molar-refractivity contribution in [2.24, 2.45) is 11.7 Å². The predicted molar refractivity (Wildman–Crippen MR) is 96.5 cm³/mol. The summed E-state index contributed by atoms with van der Waals surface area (Å²) in [5.41, 5.74) is 7.05. The highest BCUT2D eigenvalue weighted by molar-refractivity contribution is 9.10. The van der Waals surface area contributed by atoms with Crippen LogP contribution in [0.3, 0.4) is 0 Å². The van der Waals surface area contributed by atoms with Crippen molar-refractivity contribution in [1.82, 2.24) is 14.4 Å². The number of primary amides is 1. The first-order chi connectivity index (χ1) is 12.0.